The van der Waals surface area contributed by atoms with Crippen molar-refractivity contribution >= 4 is 22.7 Å². The molecule has 5 nitrogen and oxygen atoms in total. The number of nitrogens with one attached hydrogen (secondary N) is 2. The van der Waals surface area contributed by atoms with Gasteiger partial charge in [-0.1, -0.05) is 12.1 Å². The molecule has 0 aliphatic heterocycles. The van der Waals surface area contributed by atoms with E-state index in [0.717, 1.165) is 6.07 Å². The molecule has 0 spiro atoms. The van der Waals surface area contributed by atoms with Gasteiger partial charge in [0.2, 0.25) is 0 Å². The summed E-state index contributed by atoms with van der Waals surface area (Å²) in [6.45, 7) is 2.30. The summed E-state index contributed by atoms with van der Waals surface area (Å²) in [7, 11) is 0. The van der Waals surface area contributed by atoms with Crippen molar-refractivity contribution in [1.29, 1.82) is 0 Å². The van der Waals surface area contributed by atoms with E-state index in [2.05, 4.69) is 10.6 Å². The van der Waals surface area contributed by atoms with E-state index in [1.807, 2.05) is 0 Å². The molecule has 110 valence electrons. The van der Waals surface area contributed by atoms with Crippen molar-refractivity contribution in [3.63, 3.8) is 0 Å². The van der Waals surface area contributed by atoms with E-state index >= 15 is 0 Å². The predicted molar refractivity (Wildman–Crippen MR) is 76.9 cm³/mol. The van der Waals surface area contributed by atoms with Crippen molar-refractivity contribution < 1.29 is 13.7 Å². The first-order valence-electron chi connectivity index (χ1n) is 6.27. The minimum Gasteiger partial charge on any atom is -0.380 e. The molecule has 0 aliphatic carbocycles. The van der Waals surface area contributed by atoms with Crippen LogP contribution < -0.4 is 10.6 Å². The van der Waals surface area contributed by atoms with Gasteiger partial charge < -0.3 is 10.6 Å². The summed E-state index contributed by atoms with van der Waals surface area (Å²) < 4.78 is 26.8. The van der Waals surface area contributed by atoms with E-state index in [-0.39, 0.29) is 17.1 Å². The van der Waals surface area contributed by atoms with Crippen LogP contribution >= 0.6 is 0 Å². The fraction of sp³-hybridized carbons (Fsp3) is 0.143. The Balaban J connectivity index is 2.46. The van der Waals surface area contributed by atoms with Crippen LogP contribution in [-0.2, 0) is 0 Å². The van der Waals surface area contributed by atoms with Gasteiger partial charge in [-0.3, -0.25) is 10.1 Å². The predicted octanol–water partition coefficient (Wildman–Crippen LogP) is 4.05. The van der Waals surface area contributed by atoms with Gasteiger partial charge >= 0.3 is 5.69 Å². The molecule has 2 aromatic carbocycles. The summed E-state index contributed by atoms with van der Waals surface area (Å²) in [4.78, 5) is 10.6. The van der Waals surface area contributed by atoms with E-state index in [1.54, 1.807) is 19.1 Å². The molecule has 7 heteroatoms. The molecule has 0 aromatic heterocycles. The minimum absolute atomic E-state index is 0.0861. The molecular formula is C14H13F2N3O2. The average Bonchev–Trinajstić information content (AvgIpc) is 2.44. The fourth-order valence-corrected chi connectivity index (χ4v) is 1.92. The quantitative estimate of drug-likeness (QED) is 0.644. The van der Waals surface area contributed by atoms with Gasteiger partial charge in [-0.25, -0.2) is 8.78 Å². The molecule has 0 saturated carbocycles. The molecule has 0 heterocycles. The van der Waals surface area contributed by atoms with Gasteiger partial charge in [0.15, 0.2) is 11.6 Å². The summed E-state index contributed by atoms with van der Waals surface area (Å²) in [5.74, 6) is -2.11. The maximum Gasteiger partial charge on any atom is 0.315 e. The van der Waals surface area contributed by atoms with Gasteiger partial charge in [-0.2, -0.15) is 0 Å². The van der Waals surface area contributed by atoms with Gasteiger partial charge in [-0.15, -0.1) is 0 Å². The molecule has 2 aromatic rings. The van der Waals surface area contributed by atoms with E-state index < -0.39 is 16.6 Å². The Morgan fingerprint density at radius 2 is 1.71 bits per heavy atom. The molecule has 0 aliphatic rings. The number of benzene rings is 2. The lowest BCUT2D eigenvalue weighted by molar-refractivity contribution is -0.383. The monoisotopic (exact) mass is 293 g/mol. The van der Waals surface area contributed by atoms with Crippen molar-refractivity contribution in [1.82, 2.24) is 0 Å². The molecule has 0 saturated heterocycles. The minimum atomic E-state index is -1.08. The molecule has 21 heavy (non-hydrogen) atoms. The Hall–Kier alpha value is -2.70. The number of nitrogens with zero attached hydrogens (tertiary/aromatic N) is 1. The van der Waals surface area contributed by atoms with E-state index in [0.29, 0.717) is 12.2 Å². The number of nitro benzene ring substituents is 1. The first-order valence-corrected chi connectivity index (χ1v) is 6.27. The lowest BCUT2D eigenvalue weighted by Crippen LogP contribution is -2.05. The zero-order valence-electron chi connectivity index (χ0n) is 11.2. The van der Waals surface area contributed by atoms with Crippen LogP contribution in [0.5, 0.6) is 0 Å². The van der Waals surface area contributed by atoms with Crippen LogP contribution in [0.2, 0.25) is 0 Å². The van der Waals surface area contributed by atoms with Crippen molar-refractivity contribution in [2.75, 3.05) is 17.2 Å². The van der Waals surface area contributed by atoms with Crippen molar-refractivity contribution in [3.05, 3.63) is 58.1 Å². The zero-order chi connectivity index (χ0) is 15.4. The van der Waals surface area contributed by atoms with Crippen LogP contribution in [-0.4, -0.2) is 11.5 Å². The highest BCUT2D eigenvalue weighted by Gasteiger charge is 2.20. The second kappa shape index (κ2) is 6.17. The molecule has 2 rings (SSSR count). The molecule has 0 unspecified atom stereocenters. The molecule has 0 amide bonds. The van der Waals surface area contributed by atoms with Crippen LogP contribution in [0.25, 0.3) is 0 Å². The van der Waals surface area contributed by atoms with Gasteiger partial charge in [0.05, 0.1) is 10.6 Å². The smallest absolute Gasteiger partial charge is 0.315 e. The Bertz CT molecular complexity index is 677. The van der Waals surface area contributed by atoms with Crippen LogP contribution in [0.1, 0.15) is 6.92 Å². The number of para-hydroxylation sites is 1. The summed E-state index contributed by atoms with van der Waals surface area (Å²) in [5.41, 5.74) is 0.0158. The third-order valence-corrected chi connectivity index (χ3v) is 2.81. The standard InChI is InChI=1S/C14H13F2N3O2/c1-2-17-11-7-4-8-12(14(11)19(20)21)18-10-6-3-5-9(15)13(10)16/h3-8,17-18H,2H2,1H3. The van der Waals surface area contributed by atoms with Crippen molar-refractivity contribution in [2.45, 2.75) is 6.92 Å². The highest BCUT2D eigenvalue weighted by Crippen LogP contribution is 2.35. The van der Waals surface area contributed by atoms with Gasteiger partial charge in [0, 0.05) is 6.54 Å². The Kier molecular flexibility index (Phi) is 4.32. The topological polar surface area (TPSA) is 67.2 Å². The van der Waals surface area contributed by atoms with Crippen molar-refractivity contribution in [2.24, 2.45) is 0 Å². The molecule has 0 fully saturated rings. The molecule has 0 atom stereocenters. The zero-order valence-corrected chi connectivity index (χ0v) is 11.2. The van der Waals surface area contributed by atoms with Crippen LogP contribution in [0, 0.1) is 21.7 Å². The average molecular weight is 293 g/mol. The summed E-state index contributed by atoms with van der Waals surface area (Å²) in [6.07, 6.45) is 0. The summed E-state index contributed by atoms with van der Waals surface area (Å²) >= 11 is 0. The molecular weight excluding hydrogens is 280 g/mol. The Morgan fingerprint density at radius 3 is 2.38 bits per heavy atom. The van der Waals surface area contributed by atoms with E-state index in [1.165, 1.54) is 18.2 Å². The lowest BCUT2D eigenvalue weighted by Gasteiger charge is -2.11. The first-order chi connectivity index (χ1) is 10.0. The van der Waals surface area contributed by atoms with E-state index in [9.17, 15) is 18.9 Å². The highest BCUT2D eigenvalue weighted by molar-refractivity contribution is 5.79. The molecule has 0 radical (unpaired) electrons. The third kappa shape index (κ3) is 3.07. The number of nitro groups is 1. The maximum atomic E-state index is 13.6. The van der Waals surface area contributed by atoms with Crippen LogP contribution in [0.15, 0.2) is 36.4 Å². The Labute approximate surface area is 119 Å². The normalized spacial score (nSPS) is 10.2. The number of hydrogen-bond donors (Lipinski definition) is 2. The SMILES string of the molecule is CCNc1cccc(Nc2cccc(F)c2F)c1[N+](=O)[O-]. The van der Waals surface area contributed by atoms with Gasteiger partial charge in [-0.05, 0) is 31.2 Å². The van der Waals surface area contributed by atoms with Gasteiger partial charge in [0.25, 0.3) is 0 Å². The van der Waals surface area contributed by atoms with E-state index in [4.69, 9.17) is 0 Å². The largest absolute Gasteiger partial charge is 0.380 e. The summed E-state index contributed by atoms with van der Waals surface area (Å²) in [6, 6.07) is 8.18. The Morgan fingerprint density at radius 1 is 1.10 bits per heavy atom. The number of hydrogen-bond acceptors (Lipinski definition) is 4. The summed E-state index contributed by atoms with van der Waals surface area (Å²) in [5, 5.41) is 16.6. The maximum absolute atomic E-state index is 13.6. The lowest BCUT2D eigenvalue weighted by atomic mass is 10.2. The fourth-order valence-electron chi connectivity index (χ4n) is 1.92. The van der Waals surface area contributed by atoms with Crippen molar-refractivity contribution in [3.8, 4) is 0 Å². The van der Waals surface area contributed by atoms with Crippen LogP contribution in [0.3, 0.4) is 0 Å². The second-order valence-corrected chi connectivity index (χ2v) is 4.22. The molecule has 0 bridgehead atoms. The first kappa shape index (κ1) is 14.7. The van der Waals surface area contributed by atoms with Gasteiger partial charge in [0.1, 0.15) is 11.4 Å². The molecule has 2 N–H and O–H groups in total. The third-order valence-electron chi connectivity index (χ3n) is 2.81. The number of halogens is 2. The highest BCUT2D eigenvalue weighted by atomic mass is 19.2. The number of rotatable bonds is 5. The number of anilines is 3. The second-order valence-electron chi connectivity index (χ2n) is 4.22. The van der Waals surface area contributed by atoms with Crippen LogP contribution in [0.4, 0.5) is 31.5 Å².